The predicted molar refractivity (Wildman–Crippen MR) is 26.2 cm³/mol. The Morgan fingerprint density at radius 2 is 2.38 bits per heavy atom. The fraction of sp³-hybridized carbons (Fsp3) is 1.00. The summed E-state index contributed by atoms with van der Waals surface area (Å²) >= 11 is 0. The van der Waals surface area contributed by atoms with Crippen LogP contribution in [0.1, 0.15) is 0 Å². The number of halogens is 1. The first-order chi connectivity index (χ1) is 3.93. The minimum Gasteiger partial charge on any atom is -0.381 e. The van der Waals surface area contributed by atoms with E-state index >= 15 is 0 Å². The van der Waals surface area contributed by atoms with Crippen molar-refractivity contribution in [2.75, 3.05) is 26.7 Å². The molecule has 0 aromatic heterocycles. The molecule has 8 heavy (non-hydrogen) atoms. The average Bonchev–Trinajstić information content (AvgIpc) is 1.63. The van der Waals surface area contributed by atoms with Gasteiger partial charge in [-0.2, -0.15) is 0 Å². The maximum Gasteiger partial charge on any atom is 0.188 e. The molecule has 3 heteroatoms. The predicted octanol–water partition coefficient (Wildman–Crippen LogP) is 0.576. The van der Waals surface area contributed by atoms with Crippen LogP contribution in [0.2, 0.25) is 0 Å². The lowest BCUT2D eigenvalue weighted by Gasteiger charge is -2.24. The fourth-order valence-corrected chi connectivity index (χ4v) is 0.592. The summed E-state index contributed by atoms with van der Waals surface area (Å²) in [5, 5.41) is 0. The van der Waals surface area contributed by atoms with Crippen LogP contribution in [-0.2, 0) is 9.47 Å². The first kappa shape index (κ1) is 5.98. The van der Waals surface area contributed by atoms with E-state index < -0.39 is 6.86 Å². The summed E-state index contributed by atoms with van der Waals surface area (Å²) in [6, 6.07) is 0. The van der Waals surface area contributed by atoms with Crippen molar-refractivity contribution in [3.05, 3.63) is 0 Å². The Morgan fingerprint density at radius 1 is 1.62 bits per heavy atom. The highest BCUT2D eigenvalue weighted by atomic mass is 19.1. The van der Waals surface area contributed by atoms with E-state index in [1.165, 1.54) is 0 Å². The highest BCUT2D eigenvalue weighted by Gasteiger charge is 2.17. The zero-order valence-corrected chi connectivity index (χ0v) is 4.60. The maximum atomic E-state index is 11.3. The zero-order chi connectivity index (χ0) is 5.82. The molecule has 0 aliphatic carbocycles. The second-order valence-corrected chi connectivity index (χ2v) is 1.88. The lowest BCUT2D eigenvalue weighted by Crippen LogP contribution is -2.31. The fourth-order valence-electron chi connectivity index (χ4n) is 0.592. The normalized spacial score (nSPS) is 20.6. The number of alkyl halides is 1. The number of rotatable bonds is 3. The quantitative estimate of drug-likeness (QED) is 0.542. The Kier molecular flexibility index (Phi) is 2.24. The van der Waals surface area contributed by atoms with Gasteiger partial charge in [-0.3, -0.25) is 0 Å². The van der Waals surface area contributed by atoms with Crippen molar-refractivity contribution in [1.29, 1.82) is 0 Å². The Labute approximate surface area is 47.6 Å². The molecule has 1 heterocycles. The third kappa shape index (κ3) is 1.42. The van der Waals surface area contributed by atoms with Gasteiger partial charge in [-0.05, 0) is 0 Å². The van der Waals surface area contributed by atoms with Crippen LogP contribution in [0.3, 0.4) is 0 Å². The summed E-state index contributed by atoms with van der Waals surface area (Å²) in [6.45, 7) is 1.31. The minimum absolute atomic E-state index is 0.450. The summed E-state index contributed by atoms with van der Waals surface area (Å²) in [4.78, 5) is 0. The third-order valence-corrected chi connectivity index (χ3v) is 1.14. The van der Waals surface area contributed by atoms with E-state index in [4.69, 9.17) is 4.74 Å². The molecule has 0 N–H and O–H groups in total. The molecule has 0 radical (unpaired) electrons. The molecule has 0 unspecified atom stereocenters. The van der Waals surface area contributed by atoms with Crippen LogP contribution in [0.4, 0.5) is 4.39 Å². The molecule has 0 atom stereocenters. The van der Waals surface area contributed by atoms with Gasteiger partial charge in [0.15, 0.2) is 6.86 Å². The van der Waals surface area contributed by atoms with Crippen LogP contribution in [0, 0.1) is 5.92 Å². The lowest BCUT2D eigenvalue weighted by atomic mass is 10.1. The highest BCUT2D eigenvalue weighted by molar-refractivity contribution is 4.62. The first-order valence-corrected chi connectivity index (χ1v) is 2.65. The Hall–Kier alpha value is -0.150. The molecule has 1 aliphatic heterocycles. The van der Waals surface area contributed by atoms with E-state index in [-0.39, 0.29) is 0 Å². The van der Waals surface area contributed by atoms with E-state index in [0.717, 1.165) is 13.2 Å². The summed E-state index contributed by atoms with van der Waals surface area (Å²) in [7, 11) is 0. The van der Waals surface area contributed by atoms with Crippen molar-refractivity contribution >= 4 is 0 Å². The molecule has 0 amide bonds. The molecule has 0 saturated carbocycles. The molecular weight excluding hydrogens is 111 g/mol. The first-order valence-electron chi connectivity index (χ1n) is 2.65. The van der Waals surface area contributed by atoms with Gasteiger partial charge in [0.2, 0.25) is 0 Å². The smallest absolute Gasteiger partial charge is 0.188 e. The van der Waals surface area contributed by atoms with Gasteiger partial charge in [-0.1, -0.05) is 0 Å². The molecule has 1 saturated heterocycles. The van der Waals surface area contributed by atoms with Crippen molar-refractivity contribution < 1.29 is 13.9 Å². The third-order valence-electron chi connectivity index (χ3n) is 1.14. The minimum atomic E-state index is -0.670. The van der Waals surface area contributed by atoms with E-state index in [0.29, 0.717) is 12.5 Å². The van der Waals surface area contributed by atoms with Gasteiger partial charge in [0.05, 0.1) is 19.8 Å². The van der Waals surface area contributed by atoms with Crippen molar-refractivity contribution in [1.82, 2.24) is 0 Å². The van der Waals surface area contributed by atoms with Crippen molar-refractivity contribution in [2.45, 2.75) is 0 Å². The van der Waals surface area contributed by atoms with Crippen molar-refractivity contribution in [2.24, 2.45) is 5.92 Å². The van der Waals surface area contributed by atoms with E-state index in [1.54, 1.807) is 0 Å². The average molecular weight is 120 g/mol. The summed E-state index contributed by atoms with van der Waals surface area (Å²) in [5.74, 6) is 0.450. The maximum absolute atomic E-state index is 11.3. The molecular formula is C5H9FO2. The second-order valence-electron chi connectivity index (χ2n) is 1.88. The molecule has 0 aromatic carbocycles. The SMILES string of the molecule is FCOCC1COC1. The van der Waals surface area contributed by atoms with Crippen molar-refractivity contribution in [3.63, 3.8) is 0 Å². The lowest BCUT2D eigenvalue weighted by molar-refractivity contribution is -0.0836. The topological polar surface area (TPSA) is 18.5 Å². The van der Waals surface area contributed by atoms with Gasteiger partial charge in [0.25, 0.3) is 0 Å². The van der Waals surface area contributed by atoms with Gasteiger partial charge in [0.1, 0.15) is 0 Å². The van der Waals surface area contributed by atoms with Crippen molar-refractivity contribution in [3.8, 4) is 0 Å². The molecule has 48 valence electrons. The van der Waals surface area contributed by atoms with Crippen LogP contribution in [0.15, 0.2) is 0 Å². The highest BCUT2D eigenvalue weighted by Crippen LogP contribution is 2.09. The Balaban J connectivity index is 1.86. The molecule has 2 nitrogen and oxygen atoms in total. The molecule has 1 fully saturated rings. The zero-order valence-electron chi connectivity index (χ0n) is 4.60. The number of hydrogen-bond acceptors (Lipinski definition) is 2. The summed E-state index contributed by atoms with van der Waals surface area (Å²) in [5.41, 5.74) is 0. The van der Waals surface area contributed by atoms with E-state index in [2.05, 4.69) is 4.74 Å². The molecule has 0 aromatic rings. The van der Waals surface area contributed by atoms with Crippen LogP contribution in [0.25, 0.3) is 0 Å². The van der Waals surface area contributed by atoms with E-state index in [1.807, 2.05) is 0 Å². The monoisotopic (exact) mass is 120 g/mol. The standard InChI is InChI=1S/C5H9FO2/c6-4-8-3-5-1-7-2-5/h5H,1-4H2. The van der Waals surface area contributed by atoms with Gasteiger partial charge in [-0.15, -0.1) is 0 Å². The van der Waals surface area contributed by atoms with E-state index in [9.17, 15) is 4.39 Å². The molecule has 0 spiro atoms. The van der Waals surface area contributed by atoms with Crippen LogP contribution >= 0.6 is 0 Å². The molecule has 1 aliphatic rings. The molecule has 1 rings (SSSR count). The van der Waals surface area contributed by atoms with Gasteiger partial charge in [0, 0.05) is 5.92 Å². The largest absolute Gasteiger partial charge is 0.381 e. The Bertz CT molecular complexity index is 63.4. The summed E-state index contributed by atoms with van der Waals surface area (Å²) in [6.07, 6.45) is 0. The van der Waals surface area contributed by atoms with Gasteiger partial charge in [-0.25, -0.2) is 4.39 Å². The van der Waals surface area contributed by atoms with Gasteiger partial charge < -0.3 is 9.47 Å². The van der Waals surface area contributed by atoms with Gasteiger partial charge >= 0.3 is 0 Å². The van der Waals surface area contributed by atoms with Crippen LogP contribution in [-0.4, -0.2) is 26.7 Å². The number of ether oxygens (including phenoxy) is 2. The Morgan fingerprint density at radius 3 is 2.75 bits per heavy atom. The second kappa shape index (κ2) is 2.99. The van der Waals surface area contributed by atoms with Crippen LogP contribution < -0.4 is 0 Å². The van der Waals surface area contributed by atoms with Crippen LogP contribution in [0.5, 0.6) is 0 Å². The number of hydrogen-bond donors (Lipinski definition) is 0. The summed E-state index contributed by atoms with van der Waals surface area (Å²) < 4.78 is 20.6. The molecule has 0 bridgehead atoms.